The number of nitrogens with zero attached hydrogens (tertiary/aromatic N) is 1. The molecule has 16 heavy (non-hydrogen) atoms. The van der Waals surface area contributed by atoms with E-state index in [1.807, 2.05) is 0 Å². The molecule has 0 aromatic rings. The summed E-state index contributed by atoms with van der Waals surface area (Å²) < 4.78 is 0. The summed E-state index contributed by atoms with van der Waals surface area (Å²) in [5.41, 5.74) is 0. The molecule has 0 unspecified atom stereocenters. The largest absolute Gasteiger partial charge is 0.338 e. The van der Waals surface area contributed by atoms with E-state index in [0.717, 1.165) is 32.4 Å². The predicted octanol–water partition coefficient (Wildman–Crippen LogP) is 1.78. The van der Waals surface area contributed by atoms with Crippen LogP contribution >= 0.6 is 0 Å². The van der Waals surface area contributed by atoms with Crippen LogP contribution in [0, 0.1) is 5.92 Å². The Hall–Kier alpha value is -0.570. The molecule has 1 aliphatic carbocycles. The Morgan fingerprint density at radius 1 is 1.38 bits per heavy atom. The number of carbonyl (C=O) groups is 1. The van der Waals surface area contributed by atoms with Crippen LogP contribution in [0.25, 0.3) is 0 Å². The van der Waals surface area contributed by atoms with Gasteiger partial charge in [0.1, 0.15) is 0 Å². The molecule has 0 spiro atoms. The zero-order valence-corrected chi connectivity index (χ0v) is 10.5. The second kappa shape index (κ2) is 5.17. The molecule has 1 amide bonds. The third-order valence-corrected chi connectivity index (χ3v) is 3.58. The average molecular weight is 224 g/mol. The van der Waals surface area contributed by atoms with Crippen molar-refractivity contribution in [2.24, 2.45) is 5.92 Å². The van der Waals surface area contributed by atoms with E-state index in [9.17, 15) is 4.79 Å². The molecule has 2 aliphatic rings. The third-order valence-electron chi connectivity index (χ3n) is 3.58. The second-order valence-corrected chi connectivity index (χ2v) is 5.59. The molecule has 1 aliphatic heterocycles. The van der Waals surface area contributed by atoms with Gasteiger partial charge in [0.25, 0.3) is 0 Å². The van der Waals surface area contributed by atoms with Gasteiger partial charge >= 0.3 is 0 Å². The van der Waals surface area contributed by atoms with Crippen LogP contribution in [-0.4, -0.2) is 36.0 Å². The number of carbonyl (C=O) groups excluding carboxylic acids is 1. The molecule has 1 atom stereocenters. The number of nitrogens with one attached hydrogen (secondary N) is 1. The Labute approximate surface area is 98.6 Å². The molecule has 92 valence electrons. The number of amides is 1. The molecule has 1 saturated carbocycles. The molecule has 0 radical (unpaired) electrons. The highest BCUT2D eigenvalue weighted by Crippen LogP contribution is 2.28. The van der Waals surface area contributed by atoms with Crippen LogP contribution in [0.5, 0.6) is 0 Å². The summed E-state index contributed by atoms with van der Waals surface area (Å²) in [5, 5.41) is 3.32. The third kappa shape index (κ3) is 2.97. The highest BCUT2D eigenvalue weighted by molar-refractivity contribution is 5.82. The summed E-state index contributed by atoms with van der Waals surface area (Å²) in [6.07, 6.45) is 5.75. The molecule has 1 N–H and O–H groups in total. The van der Waals surface area contributed by atoms with Gasteiger partial charge in [0.15, 0.2) is 0 Å². The summed E-state index contributed by atoms with van der Waals surface area (Å²) in [5.74, 6) is 1.05. The van der Waals surface area contributed by atoms with E-state index in [-0.39, 0.29) is 6.04 Å². The second-order valence-electron chi connectivity index (χ2n) is 5.59. The molecular weight excluding hydrogens is 200 g/mol. The van der Waals surface area contributed by atoms with Crippen molar-refractivity contribution >= 4 is 5.91 Å². The zero-order chi connectivity index (χ0) is 11.5. The van der Waals surface area contributed by atoms with Crippen molar-refractivity contribution in [1.82, 2.24) is 10.2 Å². The lowest BCUT2D eigenvalue weighted by atomic mass is 10.1. The smallest absolute Gasteiger partial charge is 0.239 e. The van der Waals surface area contributed by atoms with Gasteiger partial charge in [-0.25, -0.2) is 0 Å². The van der Waals surface area contributed by atoms with E-state index in [2.05, 4.69) is 24.1 Å². The highest BCUT2D eigenvalue weighted by atomic mass is 16.2. The first-order valence-electron chi connectivity index (χ1n) is 6.72. The SMILES string of the molecule is CC(C)CCN(C(=O)[C@@H]1CCCN1)C1CC1. The van der Waals surface area contributed by atoms with E-state index in [4.69, 9.17) is 0 Å². The minimum Gasteiger partial charge on any atom is -0.338 e. The lowest BCUT2D eigenvalue weighted by Gasteiger charge is -2.26. The van der Waals surface area contributed by atoms with Crippen molar-refractivity contribution in [3.05, 3.63) is 0 Å². The van der Waals surface area contributed by atoms with Crippen LogP contribution in [0.3, 0.4) is 0 Å². The molecule has 0 aromatic carbocycles. The van der Waals surface area contributed by atoms with Gasteiger partial charge in [-0.3, -0.25) is 4.79 Å². The van der Waals surface area contributed by atoms with Crippen LogP contribution in [0.1, 0.15) is 46.0 Å². The lowest BCUT2D eigenvalue weighted by molar-refractivity contribution is -0.133. The standard InChI is InChI=1S/C13H24N2O/c1-10(2)7-9-15(11-5-6-11)13(16)12-4-3-8-14-12/h10-12,14H,3-9H2,1-2H3/t12-/m0/s1. The van der Waals surface area contributed by atoms with E-state index in [1.54, 1.807) is 0 Å². The first-order chi connectivity index (χ1) is 7.68. The van der Waals surface area contributed by atoms with Gasteiger partial charge < -0.3 is 10.2 Å². The van der Waals surface area contributed by atoms with Crippen LogP contribution in [-0.2, 0) is 4.79 Å². The molecule has 2 rings (SSSR count). The first kappa shape index (κ1) is 11.9. The quantitative estimate of drug-likeness (QED) is 0.772. The minimum atomic E-state index is 0.118. The van der Waals surface area contributed by atoms with Crippen LogP contribution in [0.4, 0.5) is 0 Å². The Balaban J connectivity index is 1.87. The van der Waals surface area contributed by atoms with Crippen molar-refractivity contribution in [2.45, 2.75) is 58.0 Å². The summed E-state index contributed by atoms with van der Waals surface area (Å²) in [6, 6.07) is 0.682. The Kier molecular flexibility index (Phi) is 3.85. The summed E-state index contributed by atoms with van der Waals surface area (Å²) in [4.78, 5) is 14.4. The fourth-order valence-corrected chi connectivity index (χ4v) is 2.35. The van der Waals surface area contributed by atoms with Crippen LogP contribution in [0.2, 0.25) is 0 Å². The van der Waals surface area contributed by atoms with E-state index < -0.39 is 0 Å². The van der Waals surface area contributed by atoms with Gasteiger partial charge in [0, 0.05) is 12.6 Å². The number of hydrogen-bond acceptors (Lipinski definition) is 2. The summed E-state index contributed by atoms with van der Waals surface area (Å²) in [7, 11) is 0. The fourth-order valence-electron chi connectivity index (χ4n) is 2.35. The van der Waals surface area contributed by atoms with Crippen molar-refractivity contribution in [2.75, 3.05) is 13.1 Å². The van der Waals surface area contributed by atoms with Gasteiger partial charge in [-0.15, -0.1) is 0 Å². The van der Waals surface area contributed by atoms with Crippen molar-refractivity contribution in [3.8, 4) is 0 Å². The lowest BCUT2D eigenvalue weighted by Crippen LogP contribution is -2.45. The zero-order valence-electron chi connectivity index (χ0n) is 10.5. The normalized spacial score (nSPS) is 25.1. The van der Waals surface area contributed by atoms with E-state index in [0.29, 0.717) is 17.9 Å². The van der Waals surface area contributed by atoms with Crippen molar-refractivity contribution in [3.63, 3.8) is 0 Å². The molecule has 1 saturated heterocycles. The van der Waals surface area contributed by atoms with E-state index in [1.165, 1.54) is 12.8 Å². The Morgan fingerprint density at radius 3 is 2.62 bits per heavy atom. The molecule has 3 nitrogen and oxygen atoms in total. The predicted molar refractivity (Wildman–Crippen MR) is 65.2 cm³/mol. The maximum absolute atomic E-state index is 12.3. The molecule has 0 bridgehead atoms. The first-order valence-corrected chi connectivity index (χ1v) is 6.72. The summed E-state index contributed by atoms with van der Waals surface area (Å²) in [6.45, 7) is 6.42. The maximum Gasteiger partial charge on any atom is 0.239 e. The van der Waals surface area contributed by atoms with Crippen LogP contribution in [0.15, 0.2) is 0 Å². The summed E-state index contributed by atoms with van der Waals surface area (Å²) >= 11 is 0. The van der Waals surface area contributed by atoms with Gasteiger partial charge in [-0.2, -0.15) is 0 Å². The van der Waals surface area contributed by atoms with E-state index >= 15 is 0 Å². The number of rotatable bonds is 5. The topological polar surface area (TPSA) is 32.3 Å². The highest BCUT2D eigenvalue weighted by Gasteiger charge is 2.36. The molecule has 2 fully saturated rings. The monoisotopic (exact) mass is 224 g/mol. The van der Waals surface area contributed by atoms with Gasteiger partial charge in [-0.05, 0) is 44.6 Å². The molecule has 3 heteroatoms. The molecular formula is C13H24N2O. The molecule has 0 aromatic heterocycles. The van der Waals surface area contributed by atoms with Crippen LogP contribution < -0.4 is 5.32 Å². The van der Waals surface area contributed by atoms with Gasteiger partial charge in [-0.1, -0.05) is 13.8 Å². The van der Waals surface area contributed by atoms with Crippen molar-refractivity contribution < 1.29 is 4.79 Å². The Bertz CT molecular complexity index is 242. The average Bonchev–Trinajstić information content (AvgIpc) is 2.93. The molecule has 1 heterocycles. The minimum absolute atomic E-state index is 0.118. The number of hydrogen-bond donors (Lipinski definition) is 1. The fraction of sp³-hybridized carbons (Fsp3) is 0.923. The maximum atomic E-state index is 12.3. The van der Waals surface area contributed by atoms with Gasteiger partial charge in [0.05, 0.1) is 6.04 Å². The van der Waals surface area contributed by atoms with Crippen molar-refractivity contribution in [1.29, 1.82) is 0 Å². The Morgan fingerprint density at radius 2 is 2.12 bits per heavy atom. The van der Waals surface area contributed by atoms with Gasteiger partial charge in [0.2, 0.25) is 5.91 Å².